The molecule has 3 unspecified atom stereocenters. The molecule has 0 radical (unpaired) electrons. The molecule has 86 heavy (non-hydrogen) atoms. The number of nitrogens with one attached hydrogen (secondary N) is 2. The van der Waals surface area contributed by atoms with Gasteiger partial charge in [-0.05, 0) is 75.2 Å². The molecule has 0 aliphatic carbocycles. The second-order valence-corrected chi connectivity index (χ2v) is 763. The molecule has 0 amide bonds. The number of para-hydroxylation sites is 2. The van der Waals surface area contributed by atoms with E-state index in [2.05, 4.69) is 337 Å². The van der Waals surface area contributed by atoms with Gasteiger partial charge in [-0.2, -0.15) is 0 Å². The summed E-state index contributed by atoms with van der Waals surface area (Å²) in [6.45, 7) is 5.69. The monoisotopic (exact) mass is 5030 g/mol. The third-order valence-corrected chi connectivity index (χ3v) is 2410. The molecule has 4 aromatic carbocycles. The molecular formula is C42H55I34N4O6-. The average Bonchev–Trinajstić information content (AvgIpc) is 3.62. The van der Waals surface area contributed by atoms with Gasteiger partial charge < -0.3 is 40.1 Å². The first-order valence-corrected chi connectivity index (χ1v) is 224. The van der Waals surface area contributed by atoms with Crippen LogP contribution in [0.15, 0.2) is 121 Å². The van der Waals surface area contributed by atoms with E-state index in [4.69, 9.17) is 14.6 Å². The zero-order chi connectivity index (χ0) is 63.3. The van der Waals surface area contributed by atoms with Gasteiger partial charge in [-0.1, -0.05) is 97.1 Å². The van der Waals surface area contributed by atoms with E-state index in [9.17, 15) is 14.7 Å². The molecule has 7 rings (SSSR count). The van der Waals surface area contributed by atoms with Crippen molar-refractivity contribution >= 4 is 482 Å². The largest absolute Gasteiger partial charge is 0.479 e. The van der Waals surface area contributed by atoms with Crippen molar-refractivity contribution in [2.75, 3.05) is 64.1 Å². The number of ether oxygens (including phenoxy) is 2. The number of aliphatic hydroxyl groups is 1. The number of rotatable bonds is 24. The van der Waals surface area contributed by atoms with Gasteiger partial charge in [0.25, 0.3) is 0 Å². The van der Waals surface area contributed by atoms with E-state index >= 15 is 0 Å². The van der Waals surface area contributed by atoms with Crippen LogP contribution < -0.4 is 23.9 Å². The summed E-state index contributed by atoms with van der Waals surface area (Å²) in [4.78, 5) is 28.3. The SMILES string of the molecule is C1CCOC1.CN1CCC(OC(=O)C(Nc2ccccc2)c2ccccc2)C1.CN1CC[C@@H](O)C1.I.I[I-]I(I)I(I)I(I)I(I)I(I)I(I)I(I)I(I)I(I)I(I)I(I)I(I)I(I)I(I)I(I)I.O=C(O)C(Nc1ccccc1)c1ccccc1. The first-order chi connectivity index (χ1) is 40.3. The molecule has 518 valence electrons. The minimum Gasteiger partial charge on any atom is -0.479 e. The Hall–Kier alpha value is 20.1. The molecule has 3 fully saturated rings. The Morgan fingerprint density at radius 2 is 0.860 bits per heavy atom. The van der Waals surface area contributed by atoms with Gasteiger partial charge in [0.2, 0.25) is 0 Å². The number of nitrogens with zero attached hydrogens (tertiary/aromatic N) is 2. The van der Waals surface area contributed by atoms with E-state index in [1.165, 1.54) is 12.8 Å². The number of hydrogen-bond donors (Lipinski definition) is 4. The minimum absolute atomic E-state index is 0. The molecule has 4 aromatic rings. The van der Waals surface area contributed by atoms with Gasteiger partial charge in [-0.25, -0.2) is 9.59 Å². The van der Waals surface area contributed by atoms with E-state index < -0.39 is 129 Å². The van der Waals surface area contributed by atoms with Crippen LogP contribution in [0.25, 0.3) is 0 Å². The Morgan fingerprint density at radius 1 is 0.523 bits per heavy atom. The Balaban J connectivity index is 0.000000409. The van der Waals surface area contributed by atoms with Crippen molar-refractivity contribution in [2.24, 2.45) is 0 Å². The van der Waals surface area contributed by atoms with E-state index in [0.29, 0.717) is 13.3 Å². The fourth-order valence-corrected chi connectivity index (χ4v) is 5660. The first kappa shape index (κ1) is 102. The minimum atomic E-state index is -0.889. The molecule has 0 aromatic heterocycles. The number of likely N-dealkylation sites (tertiary alicyclic amines) is 2. The van der Waals surface area contributed by atoms with E-state index in [1.54, 1.807) is 12.1 Å². The van der Waals surface area contributed by atoms with Crippen molar-refractivity contribution in [2.45, 2.75) is 50.0 Å². The van der Waals surface area contributed by atoms with Crippen LogP contribution in [0.1, 0.15) is 48.9 Å². The van der Waals surface area contributed by atoms with Crippen LogP contribution in [0.4, 0.5) is 11.4 Å². The summed E-state index contributed by atoms with van der Waals surface area (Å²) in [6, 6.07) is 36.7. The number of β-amino-alcohol motifs (C(OH)–C–C–N with tert-alkyl or cyclic N) is 1. The van der Waals surface area contributed by atoms with E-state index in [0.717, 1.165) is 74.7 Å². The van der Waals surface area contributed by atoms with E-state index in [1.807, 2.05) is 123 Å². The number of esters is 1. The number of halogens is 34. The summed E-state index contributed by atoms with van der Waals surface area (Å²) in [5, 5.41) is 24.4. The third kappa shape index (κ3) is 42.6. The number of anilines is 2. The molecule has 3 saturated heterocycles. The van der Waals surface area contributed by atoms with Crippen molar-refractivity contribution in [3.05, 3.63) is 132 Å². The Labute approximate surface area is 752 Å². The molecule has 0 bridgehead atoms. The van der Waals surface area contributed by atoms with Crippen LogP contribution in [0.3, 0.4) is 0 Å². The van der Waals surface area contributed by atoms with Gasteiger partial charge in [-0.15, -0.1) is 24.0 Å². The fraction of sp³-hybridized carbons (Fsp3) is 0.381. The second-order valence-electron chi connectivity index (χ2n) is 15.7. The van der Waals surface area contributed by atoms with Crippen LogP contribution in [-0.2, 0) is 19.1 Å². The Bertz CT molecular complexity index is 2420. The van der Waals surface area contributed by atoms with Crippen LogP contribution in [0, 0.1) is 0 Å². The van der Waals surface area contributed by atoms with Gasteiger partial charge in [0.15, 0.2) is 12.1 Å². The maximum atomic E-state index is 12.7. The number of carboxylic acid groups (broad SMARTS) is 1. The molecule has 3 aliphatic rings. The van der Waals surface area contributed by atoms with E-state index in [-0.39, 0.29) is 50.0 Å². The first-order valence-electron chi connectivity index (χ1n) is 22.6. The third-order valence-electron chi connectivity index (χ3n) is 9.93. The summed E-state index contributed by atoms with van der Waals surface area (Å²) in [5.41, 5.74) is 3.35. The Morgan fingerprint density at radius 3 is 1.15 bits per heavy atom. The predicted octanol–water partition coefficient (Wildman–Crippen LogP) is 32.5. The smallest absolute Gasteiger partial charge is 0.330 e. The summed E-state index contributed by atoms with van der Waals surface area (Å²) in [7, 11) is -2.89. The van der Waals surface area contributed by atoms with Crippen molar-refractivity contribution in [1.29, 1.82) is 0 Å². The summed E-state index contributed by atoms with van der Waals surface area (Å²) in [5.74, 6) is -1.11. The zero-order valence-electron chi connectivity index (χ0n) is 43.2. The Kier molecular flexibility index (Phi) is 73.0. The van der Waals surface area contributed by atoms with Crippen molar-refractivity contribution in [3.8, 4) is 0 Å². The maximum absolute atomic E-state index is 12.7. The van der Waals surface area contributed by atoms with Gasteiger partial charge in [0.05, 0.1) is 6.10 Å². The normalized spacial score (nSPS) is 18.7. The average molecular weight is 5030 g/mol. The second kappa shape index (κ2) is 61.5. The fourth-order valence-electron chi connectivity index (χ4n) is 6.32. The number of carboxylic acids is 1. The van der Waals surface area contributed by atoms with Crippen LogP contribution in [0.5, 0.6) is 0 Å². The molecular weight excluding hydrogens is 4970 g/mol. The zero-order valence-corrected chi connectivity index (χ0v) is 117. The van der Waals surface area contributed by atoms with Gasteiger partial charge in [-0.3, -0.25) is 0 Å². The number of aliphatic carboxylic acids is 1. The van der Waals surface area contributed by atoms with Crippen molar-refractivity contribution < 1.29 is 42.5 Å². The molecule has 10 nitrogen and oxygen atoms in total. The summed E-state index contributed by atoms with van der Waals surface area (Å²) in [6.07, 6.45) is 4.34. The van der Waals surface area contributed by atoms with Crippen molar-refractivity contribution in [1.82, 2.24) is 9.80 Å². The van der Waals surface area contributed by atoms with Crippen LogP contribution in [0.2, 0.25) is 0 Å². The number of carbonyl (C=O) groups is 2. The van der Waals surface area contributed by atoms with Crippen LogP contribution in [-0.4, -0.2) is 97.6 Å². The molecule has 44 heteroatoms. The number of benzene rings is 4. The van der Waals surface area contributed by atoms with Crippen LogP contribution >= 0.6 is 459 Å². The number of aliphatic hydroxyl groups excluding tert-OH is 1. The topological polar surface area (TPSA) is 124 Å². The molecule has 4 N–H and O–H groups in total. The number of carbonyl (C=O) groups excluding carboxylic acids is 1. The quantitative estimate of drug-likeness (QED) is 0.0398. The maximum Gasteiger partial charge on any atom is 0.330 e. The van der Waals surface area contributed by atoms with Gasteiger partial charge >= 0.3 is 460 Å². The van der Waals surface area contributed by atoms with Gasteiger partial charge in [0.1, 0.15) is 6.10 Å². The molecule has 4 atom stereocenters. The molecule has 0 spiro atoms. The number of hydrogen-bond acceptors (Lipinski definition) is 9. The molecule has 3 aliphatic heterocycles. The summed E-state index contributed by atoms with van der Waals surface area (Å²) < 4.78 is 10.7. The number of likely N-dealkylation sites (N-methyl/N-ethyl adjacent to an activating group) is 2. The van der Waals surface area contributed by atoms with Crippen molar-refractivity contribution in [3.63, 3.8) is 0 Å². The molecule has 3 heterocycles. The predicted molar refractivity (Wildman–Crippen MR) is 670 cm³/mol. The molecule has 0 saturated carbocycles. The van der Waals surface area contributed by atoms with Gasteiger partial charge in [0, 0.05) is 50.8 Å². The standard InChI is InChI=1S/C19H22N2O2.C14H13NO2.C5H11NO.C4H8O.I33.HI/c1-21-13-12-17(14-21)23-19(22)18(15-8-4-2-5-9-15)20-16-10-6-3-7-11-16;16-14(17)13(11-7-3-1-4-8-11)15-12-9-5-2-6-10-12;1-6-3-2-5(7)4-6;1-2-4-5-3-1;1-18-20(4)22(6)24(8)26(10)28(12)30(14)32(16)33(17)31(15)29(13)27(11)25(9)23(7)21(5)19(2)3;/h2-11,17-18,20H,12-14H2,1H3;1-10,13,15H,(H,16,17);5,7H,2-4H2,1H3;1-4H2;;1H/q;;;;-1;/t;;5-;;;/m..1.../s1. The summed E-state index contributed by atoms with van der Waals surface area (Å²) >= 11 is 54.7.